The smallest absolute Gasteiger partial charge is 0.326 e. The third-order valence-corrected chi connectivity index (χ3v) is 7.30. The van der Waals surface area contributed by atoms with E-state index in [0.29, 0.717) is 5.56 Å². The first kappa shape index (κ1) is 32.4. The van der Waals surface area contributed by atoms with E-state index in [4.69, 9.17) is 11.5 Å². The highest BCUT2D eigenvalue weighted by Crippen LogP contribution is 2.19. The molecule has 0 bridgehead atoms. The van der Waals surface area contributed by atoms with Crippen molar-refractivity contribution in [2.24, 2.45) is 11.5 Å². The second-order valence-corrected chi connectivity index (χ2v) is 10.7. The zero-order valence-corrected chi connectivity index (χ0v) is 24.4. The number of nitrogens with one attached hydrogen (secondary N) is 4. The van der Waals surface area contributed by atoms with Crippen molar-refractivity contribution in [2.45, 2.75) is 49.9 Å². The molecule has 1 aromatic heterocycles. The first-order valence-electron chi connectivity index (χ1n) is 14.4. The van der Waals surface area contributed by atoms with Crippen LogP contribution < -0.4 is 27.4 Å². The van der Waals surface area contributed by atoms with Crippen LogP contribution in [0, 0.1) is 0 Å². The summed E-state index contributed by atoms with van der Waals surface area (Å²) in [6.45, 7) is 0. The molecular weight excluding hydrogens is 576 g/mol. The van der Waals surface area contributed by atoms with Gasteiger partial charge in [-0.1, -0.05) is 78.9 Å². The molecule has 4 unspecified atom stereocenters. The Morgan fingerprint density at radius 1 is 0.667 bits per heavy atom. The molecule has 4 rings (SSSR count). The minimum absolute atomic E-state index is 0.0553. The van der Waals surface area contributed by atoms with Gasteiger partial charge in [-0.3, -0.25) is 19.2 Å². The predicted molar refractivity (Wildman–Crippen MR) is 168 cm³/mol. The molecule has 45 heavy (non-hydrogen) atoms. The maximum absolute atomic E-state index is 13.6. The van der Waals surface area contributed by atoms with Gasteiger partial charge in [0.15, 0.2) is 0 Å². The van der Waals surface area contributed by atoms with Crippen LogP contribution in [0.5, 0.6) is 0 Å². The summed E-state index contributed by atoms with van der Waals surface area (Å²) in [6.07, 6.45) is 1.28. The summed E-state index contributed by atoms with van der Waals surface area (Å²) in [7, 11) is 0. The van der Waals surface area contributed by atoms with E-state index in [1.54, 1.807) is 36.5 Å². The van der Waals surface area contributed by atoms with Crippen LogP contribution in [0.15, 0.2) is 91.1 Å². The highest BCUT2D eigenvalue weighted by atomic mass is 16.4. The van der Waals surface area contributed by atoms with E-state index in [-0.39, 0.29) is 19.3 Å². The predicted octanol–water partition coefficient (Wildman–Crippen LogP) is 0.938. The van der Waals surface area contributed by atoms with E-state index in [0.717, 1.165) is 22.0 Å². The van der Waals surface area contributed by atoms with Crippen molar-refractivity contribution >= 4 is 40.5 Å². The summed E-state index contributed by atoms with van der Waals surface area (Å²) in [5, 5.41) is 18.3. The van der Waals surface area contributed by atoms with E-state index >= 15 is 0 Å². The Morgan fingerprint density at radius 3 is 1.82 bits per heavy atom. The number of fused-ring (bicyclic) bond motifs is 1. The van der Waals surface area contributed by atoms with Gasteiger partial charge in [0.25, 0.3) is 0 Å². The van der Waals surface area contributed by atoms with Crippen LogP contribution in [0.1, 0.15) is 23.1 Å². The molecule has 12 heteroatoms. The average molecular weight is 613 g/mol. The molecule has 0 aliphatic rings. The van der Waals surface area contributed by atoms with Crippen LogP contribution in [0.25, 0.3) is 10.9 Å². The number of H-pyrrole nitrogens is 1. The number of carboxylic acid groups (broad SMARTS) is 1. The number of rotatable bonds is 15. The minimum atomic E-state index is -1.51. The number of benzene rings is 3. The molecule has 4 amide bonds. The molecule has 4 aromatic rings. The summed E-state index contributed by atoms with van der Waals surface area (Å²) in [5.74, 6) is -4.48. The largest absolute Gasteiger partial charge is 0.480 e. The number of carbonyl (C=O) groups is 5. The maximum atomic E-state index is 13.6. The quantitative estimate of drug-likeness (QED) is 0.103. The number of aromatic nitrogens is 1. The van der Waals surface area contributed by atoms with E-state index in [9.17, 15) is 29.1 Å². The highest BCUT2D eigenvalue weighted by Gasteiger charge is 2.32. The Balaban J connectivity index is 1.49. The monoisotopic (exact) mass is 612 g/mol. The first-order chi connectivity index (χ1) is 21.6. The van der Waals surface area contributed by atoms with E-state index in [1.807, 2.05) is 54.6 Å². The second-order valence-electron chi connectivity index (χ2n) is 10.7. The standard InChI is InChI=1S/C33H36N6O6/c34-24(15-20-9-3-1-4-10-20)30(41)37-26(16-21-11-5-2-6-12-21)31(42)38-27(18-29(35)40)32(43)39-28(33(44)45)17-22-19-36-25-14-8-7-13-23(22)25/h1-14,19,24,26-28,36H,15-18,34H2,(H2,35,40)(H,37,41)(H,38,42)(H,39,43)(H,44,45). The molecular formula is C33H36N6O6. The molecule has 3 aromatic carbocycles. The first-order valence-corrected chi connectivity index (χ1v) is 14.4. The van der Waals surface area contributed by atoms with Gasteiger partial charge in [-0.05, 0) is 29.2 Å². The van der Waals surface area contributed by atoms with Crippen LogP contribution in [-0.4, -0.2) is 63.9 Å². The van der Waals surface area contributed by atoms with Crippen molar-refractivity contribution < 1.29 is 29.1 Å². The summed E-state index contributed by atoms with van der Waals surface area (Å²) in [6, 6.07) is 20.3. The van der Waals surface area contributed by atoms with Crippen molar-refractivity contribution in [2.75, 3.05) is 0 Å². The lowest BCUT2D eigenvalue weighted by Gasteiger charge is -2.25. The highest BCUT2D eigenvalue weighted by molar-refractivity contribution is 5.96. The van der Waals surface area contributed by atoms with Crippen LogP contribution in [0.3, 0.4) is 0 Å². The fourth-order valence-corrected chi connectivity index (χ4v) is 4.97. The second kappa shape index (κ2) is 15.3. The van der Waals surface area contributed by atoms with Crippen molar-refractivity contribution in [1.82, 2.24) is 20.9 Å². The van der Waals surface area contributed by atoms with Crippen molar-refractivity contribution in [1.29, 1.82) is 0 Å². The summed E-state index contributed by atoms with van der Waals surface area (Å²) in [5.41, 5.74) is 14.6. The number of nitrogens with two attached hydrogens (primary N) is 2. The zero-order chi connectivity index (χ0) is 32.3. The number of hydrogen-bond donors (Lipinski definition) is 7. The fraction of sp³-hybridized carbons (Fsp3) is 0.242. The molecule has 0 aliphatic heterocycles. The average Bonchev–Trinajstić information content (AvgIpc) is 3.43. The Labute approximate surface area is 259 Å². The van der Waals surface area contributed by atoms with Gasteiger partial charge >= 0.3 is 5.97 Å². The number of carboxylic acids is 1. The molecule has 4 atom stereocenters. The third-order valence-electron chi connectivity index (χ3n) is 7.30. The van der Waals surface area contributed by atoms with Crippen LogP contribution in [0.2, 0.25) is 0 Å². The van der Waals surface area contributed by atoms with Gasteiger partial charge in [-0.15, -0.1) is 0 Å². The van der Waals surface area contributed by atoms with Gasteiger partial charge in [0.1, 0.15) is 18.1 Å². The SMILES string of the molecule is NC(=O)CC(NC(=O)C(Cc1ccccc1)NC(=O)C(N)Cc1ccccc1)C(=O)NC(Cc1c[nH]c2ccccc12)C(=O)O. The Kier molecular flexibility index (Phi) is 11.0. The lowest BCUT2D eigenvalue weighted by atomic mass is 10.0. The number of primary amides is 1. The number of hydrogen-bond acceptors (Lipinski definition) is 6. The van der Waals surface area contributed by atoms with E-state index in [2.05, 4.69) is 20.9 Å². The molecule has 0 aliphatic carbocycles. The van der Waals surface area contributed by atoms with E-state index < -0.39 is 60.2 Å². The number of carbonyl (C=O) groups excluding carboxylic acids is 4. The number of aliphatic carboxylic acids is 1. The summed E-state index contributed by atoms with van der Waals surface area (Å²) < 4.78 is 0. The number of para-hydroxylation sites is 1. The zero-order valence-electron chi connectivity index (χ0n) is 24.4. The lowest BCUT2D eigenvalue weighted by Crippen LogP contribution is -2.58. The normalized spacial score (nSPS) is 13.6. The summed E-state index contributed by atoms with van der Waals surface area (Å²) in [4.78, 5) is 67.1. The maximum Gasteiger partial charge on any atom is 0.326 e. The number of aromatic amines is 1. The molecule has 12 nitrogen and oxygen atoms in total. The fourth-order valence-electron chi connectivity index (χ4n) is 4.97. The number of amides is 4. The molecule has 234 valence electrons. The molecule has 0 spiro atoms. The molecule has 9 N–H and O–H groups in total. The molecule has 0 radical (unpaired) electrons. The van der Waals surface area contributed by atoms with Crippen LogP contribution in [-0.2, 0) is 43.2 Å². The van der Waals surface area contributed by atoms with Crippen LogP contribution in [0.4, 0.5) is 0 Å². The van der Waals surface area contributed by atoms with Crippen molar-refractivity contribution in [3.05, 3.63) is 108 Å². The van der Waals surface area contributed by atoms with Crippen molar-refractivity contribution in [3.8, 4) is 0 Å². The van der Waals surface area contributed by atoms with Gasteiger partial charge in [-0.2, -0.15) is 0 Å². The molecule has 0 saturated heterocycles. The Bertz CT molecular complexity index is 1640. The minimum Gasteiger partial charge on any atom is -0.480 e. The molecule has 0 fully saturated rings. The van der Waals surface area contributed by atoms with Crippen LogP contribution >= 0.6 is 0 Å². The molecule has 1 heterocycles. The third kappa shape index (κ3) is 9.25. The van der Waals surface area contributed by atoms with Gasteiger partial charge < -0.3 is 37.5 Å². The van der Waals surface area contributed by atoms with E-state index in [1.165, 1.54) is 0 Å². The summed E-state index contributed by atoms with van der Waals surface area (Å²) >= 11 is 0. The van der Waals surface area contributed by atoms with Gasteiger partial charge in [-0.25, -0.2) is 4.79 Å². The lowest BCUT2D eigenvalue weighted by molar-refractivity contribution is -0.142. The Hall–Kier alpha value is -5.49. The topological polar surface area (TPSA) is 209 Å². The van der Waals surface area contributed by atoms with Gasteiger partial charge in [0.05, 0.1) is 12.5 Å². The Morgan fingerprint density at radius 2 is 1.20 bits per heavy atom. The molecule has 0 saturated carbocycles. The van der Waals surface area contributed by atoms with Gasteiger partial charge in [0, 0.05) is 29.9 Å². The van der Waals surface area contributed by atoms with Gasteiger partial charge in [0.2, 0.25) is 23.6 Å². The van der Waals surface area contributed by atoms with Crippen molar-refractivity contribution in [3.63, 3.8) is 0 Å².